The van der Waals surface area contributed by atoms with Crippen LogP contribution in [-0.2, 0) is 4.79 Å². The van der Waals surface area contributed by atoms with Crippen molar-refractivity contribution in [2.45, 2.75) is 0 Å². The number of hydrogen-bond donors (Lipinski definition) is 1. The molecule has 1 heterocycles. The van der Waals surface area contributed by atoms with E-state index in [0.717, 1.165) is 5.56 Å². The molecule has 1 N–H and O–H groups in total. The van der Waals surface area contributed by atoms with E-state index in [4.69, 9.17) is 21.7 Å². The molecule has 1 aromatic carbocycles. The van der Waals surface area contributed by atoms with Crippen molar-refractivity contribution >= 4 is 29.3 Å². The van der Waals surface area contributed by atoms with E-state index >= 15 is 0 Å². The fraction of sp³-hybridized carbons (Fsp3) is 0.200. The van der Waals surface area contributed by atoms with E-state index in [-0.39, 0.29) is 5.91 Å². The lowest BCUT2D eigenvalue weighted by Crippen LogP contribution is -2.30. The number of thiocarbonyl (C=S) groups is 1. The van der Waals surface area contributed by atoms with E-state index in [0.29, 0.717) is 28.9 Å². The molecule has 6 heteroatoms. The maximum absolute atomic E-state index is 12.2. The molecular weight excluding hydrogens is 288 g/mol. The van der Waals surface area contributed by atoms with Crippen LogP contribution in [0.15, 0.2) is 36.6 Å². The van der Waals surface area contributed by atoms with Crippen LogP contribution in [0.4, 0.5) is 0 Å². The van der Waals surface area contributed by atoms with Crippen molar-refractivity contribution in [2.75, 3.05) is 20.8 Å². The van der Waals surface area contributed by atoms with Gasteiger partial charge in [0, 0.05) is 6.54 Å². The number of rotatable bonds is 5. The highest BCUT2D eigenvalue weighted by Crippen LogP contribution is 2.28. The zero-order valence-electron chi connectivity index (χ0n) is 11.9. The van der Waals surface area contributed by atoms with E-state index in [9.17, 15) is 4.79 Å². The van der Waals surface area contributed by atoms with Gasteiger partial charge in [0.1, 0.15) is 5.70 Å². The van der Waals surface area contributed by atoms with Gasteiger partial charge in [0.15, 0.2) is 16.6 Å². The molecule has 0 unspecified atom stereocenters. The van der Waals surface area contributed by atoms with E-state index in [1.165, 1.54) is 4.90 Å². The zero-order chi connectivity index (χ0) is 15.4. The van der Waals surface area contributed by atoms with Crippen LogP contribution in [0.25, 0.3) is 6.08 Å². The quantitative estimate of drug-likeness (QED) is 0.512. The first-order valence-electron chi connectivity index (χ1n) is 6.28. The highest BCUT2D eigenvalue weighted by molar-refractivity contribution is 7.80. The molecule has 110 valence electrons. The second-order valence-electron chi connectivity index (χ2n) is 4.31. The summed E-state index contributed by atoms with van der Waals surface area (Å²) in [4.78, 5) is 13.6. The third-order valence-electron chi connectivity index (χ3n) is 2.99. The van der Waals surface area contributed by atoms with Gasteiger partial charge in [-0.25, -0.2) is 0 Å². The topological polar surface area (TPSA) is 50.8 Å². The lowest BCUT2D eigenvalue weighted by molar-refractivity contribution is -0.122. The molecule has 1 aliphatic heterocycles. The normalized spacial score (nSPS) is 16.1. The Morgan fingerprint density at radius 1 is 1.33 bits per heavy atom. The van der Waals surface area contributed by atoms with Crippen LogP contribution in [0.1, 0.15) is 5.56 Å². The number of nitrogens with zero attached hydrogens (tertiary/aromatic N) is 1. The Morgan fingerprint density at radius 2 is 2.05 bits per heavy atom. The predicted molar refractivity (Wildman–Crippen MR) is 85.2 cm³/mol. The van der Waals surface area contributed by atoms with Crippen molar-refractivity contribution in [1.82, 2.24) is 10.2 Å². The maximum Gasteiger partial charge on any atom is 0.276 e. The molecule has 0 radical (unpaired) electrons. The summed E-state index contributed by atoms with van der Waals surface area (Å²) in [6, 6.07) is 5.41. The van der Waals surface area contributed by atoms with Crippen LogP contribution in [0.2, 0.25) is 0 Å². The van der Waals surface area contributed by atoms with Gasteiger partial charge in [0.25, 0.3) is 5.91 Å². The Balaban J connectivity index is 2.30. The number of carbonyl (C=O) groups is 1. The lowest BCUT2D eigenvalue weighted by atomic mass is 10.1. The third kappa shape index (κ3) is 3.05. The minimum Gasteiger partial charge on any atom is -0.493 e. The Labute approximate surface area is 128 Å². The molecule has 1 fully saturated rings. The lowest BCUT2D eigenvalue weighted by Gasteiger charge is -2.09. The predicted octanol–water partition coefficient (Wildman–Crippen LogP) is 1.95. The zero-order valence-corrected chi connectivity index (χ0v) is 12.7. The number of amides is 1. The smallest absolute Gasteiger partial charge is 0.276 e. The molecular formula is C15H16N2O3S. The summed E-state index contributed by atoms with van der Waals surface area (Å²) in [7, 11) is 3.14. The van der Waals surface area contributed by atoms with Crippen molar-refractivity contribution in [1.29, 1.82) is 0 Å². The number of benzene rings is 1. The number of hydrogen-bond acceptors (Lipinski definition) is 4. The first-order valence-corrected chi connectivity index (χ1v) is 6.69. The molecule has 0 atom stereocenters. The van der Waals surface area contributed by atoms with Crippen LogP contribution < -0.4 is 14.8 Å². The summed E-state index contributed by atoms with van der Waals surface area (Å²) in [5, 5.41) is 3.28. The van der Waals surface area contributed by atoms with Crippen LogP contribution in [0.3, 0.4) is 0 Å². The molecule has 1 aliphatic rings. The Morgan fingerprint density at radius 3 is 2.67 bits per heavy atom. The van der Waals surface area contributed by atoms with Gasteiger partial charge in [0.05, 0.1) is 14.2 Å². The summed E-state index contributed by atoms with van der Waals surface area (Å²) < 4.78 is 10.4. The van der Waals surface area contributed by atoms with E-state index in [1.807, 2.05) is 6.07 Å². The molecule has 0 spiro atoms. The maximum atomic E-state index is 12.2. The fourth-order valence-corrected chi connectivity index (χ4v) is 2.24. The Bertz CT molecular complexity index is 625. The molecule has 1 aromatic rings. The monoisotopic (exact) mass is 304 g/mol. The fourth-order valence-electron chi connectivity index (χ4n) is 1.98. The van der Waals surface area contributed by atoms with Crippen LogP contribution in [0, 0.1) is 0 Å². The SMILES string of the molecule is C=CCN1C(=O)C(=Cc2ccc(OC)c(OC)c2)NC1=S. The van der Waals surface area contributed by atoms with Gasteiger partial charge in [-0.3, -0.25) is 9.69 Å². The van der Waals surface area contributed by atoms with Gasteiger partial charge >= 0.3 is 0 Å². The van der Waals surface area contributed by atoms with Gasteiger partial charge < -0.3 is 14.8 Å². The highest BCUT2D eigenvalue weighted by atomic mass is 32.1. The molecule has 1 saturated heterocycles. The van der Waals surface area contributed by atoms with Crippen molar-refractivity contribution in [3.05, 3.63) is 42.1 Å². The van der Waals surface area contributed by atoms with Gasteiger partial charge in [0.2, 0.25) is 0 Å². The minimum absolute atomic E-state index is 0.172. The van der Waals surface area contributed by atoms with Crippen molar-refractivity contribution in [2.24, 2.45) is 0 Å². The van der Waals surface area contributed by atoms with Gasteiger partial charge in [-0.15, -0.1) is 6.58 Å². The summed E-state index contributed by atoms with van der Waals surface area (Å²) in [5.74, 6) is 1.06. The molecule has 0 saturated carbocycles. The number of ether oxygens (including phenoxy) is 2. The third-order valence-corrected chi connectivity index (χ3v) is 3.32. The highest BCUT2D eigenvalue weighted by Gasteiger charge is 2.29. The summed E-state index contributed by atoms with van der Waals surface area (Å²) in [6.07, 6.45) is 3.35. The molecule has 0 bridgehead atoms. The molecule has 2 rings (SSSR count). The van der Waals surface area contributed by atoms with Crippen molar-refractivity contribution in [3.8, 4) is 11.5 Å². The number of methoxy groups -OCH3 is 2. The molecule has 21 heavy (non-hydrogen) atoms. The van der Waals surface area contributed by atoms with E-state index in [1.54, 1.807) is 38.5 Å². The van der Waals surface area contributed by atoms with Gasteiger partial charge in [-0.2, -0.15) is 0 Å². The average Bonchev–Trinajstić information content (AvgIpc) is 2.75. The summed E-state index contributed by atoms with van der Waals surface area (Å²) in [6.45, 7) is 4.00. The van der Waals surface area contributed by atoms with Crippen LogP contribution >= 0.6 is 12.2 Å². The van der Waals surface area contributed by atoms with Crippen LogP contribution in [-0.4, -0.2) is 36.7 Å². The average molecular weight is 304 g/mol. The van der Waals surface area contributed by atoms with Crippen LogP contribution in [0.5, 0.6) is 11.5 Å². The Hall–Kier alpha value is -2.34. The number of nitrogens with one attached hydrogen (secondary N) is 1. The molecule has 0 aromatic heterocycles. The van der Waals surface area contributed by atoms with Gasteiger partial charge in [-0.1, -0.05) is 12.1 Å². The van der Waals surface area contributed by atoms with E-state index in [2.05, 4.69) is 11.9 Å². The van der Waals surface area contributed by atoms with Crippen molar-refractivity contribution in [3.63, 3.8) is 0 Å². The van der Waals surface area contributed by atoms with Gasteiger partial charge in [-0.05, 0) is 36.0 Å². The summed E-state index contributed by atoms with van der Waals surface area (Å²) >= 11 is 5.13. The second-order valence-corrected chi connectivity index (χ2v) is 4.69. The molecule has 5 nitrogen and oxygen atoms in total. The standard InChI is InChI=1S/C15H16N2O3S/c1-4-7-17-14(18)11(16-15(17)21)8-10-5-6-12(19-2)13(9-10)20-3/h4-6,8-9H,1,7H2,2-3H3,(H,16,21). The summed E-state index contributed by atoms with van der Waals surface area (Å²) in [5.41, 5.74) is 1.24. The Kier molecular flexibility index (Phi) is 4.59. The molecule has 0 aliphatic carbocycles. The first-order chi connectivity index (χ1) is 10.1. The van der Waals surface area contributed by atoms with E-state index < -0.39 is 0 Å². The largest absolute Gasteiger partial charge is 0.493 e. The first kappa shape index (κ1) is 15.1. The second kappa shape index (κ2) is 6.41. The molecule has 1 amide bonds. The number of carbonyl (C=O) groups excluding carboxylic acids is 1. The minimum atomic E-state index is -0.172. The van der Waals surface area contributed by atoms with Crippen molar-refractivity contribution < 1.29 is 14.3 Å².